The summed E-state index contributed by atoms with van der Waals surface area (Å²) in [5.74, 6) is 0.212. The third kappa shape index (κ3) is 3.29. The number of nitrogens with zero attached hydrogens (tertiary/aromatic N) is 1. The van der Waals surface area contributed by atoms with Crippen LogP contribution in [0.4, 0.5) is 5.69 Å². The molecule has 108 valence electrons. The molecule has 4 heteroatoms. The summed E-state index contributed by atoms with van der Waals surface area (Å²) in [5, 5.41) is 9.77. The van der Waals surface area contributed by atoms with Gasteiger partial charge in [-0.05, 0) is 24.6 Å². The van der Waals surface area contributed by atoms with E-state index >= 15 is 0 Å². The van der Waals surface area contributed by atoms with Crippen LogP contribution < -0.4 is 0 Å². The fourth-order valence-electron chi connectivity index (χ4n) is 2.21. The first-order chi connectivity index (χ1) is 10.3. The number of ether oxygens (including phenoxy) is 2. The Kier molecular flexibility index (Phi) is 4.28. The molecule has 1 aliphatic rings. The van der Waals surface area contributed by atoms with Gasteiger partial charge in [-0.1, -0.05) is 30.3 Å². The molecule has 4 nitrogen and oxygen atoms in total. The molecule has 0 unspecified atom stereocenters. The van der Waals surface area contributed by atoms with Gasteiger partial charge in [0.1, 0.15) is 5.75 Å². The summed E-state index contributed by atoms with van der Waals surface area (Å²) in [7, 11) is 0. The molecular weight excluding hydrogens is 266 g/mol. The number of aromatic hydroxyl groups is 1. The van der Waals surface area contributed by atoms with Crippen LogP contribution in [0, 0.1) is 0 Å². The Labute approximate surface area is 123 Å². The first kappa shape index (κ1) is 13.8. The van der Waals surface area contributed by atoms with Crippen LogP contribution in [-0.4, -0.2) is 24.5 Å². The molecule has 0 aromatic heterocycles. The Morgan fingerprint density at radius 2 is 1.71 bits per heavy atom. The van der Waals surface area contributed by atoms with Gasteiger partial charge in [0.05, 0.1) is 18.9 Å². The molecule has 0 spiro atoms. The number of phenols is 1. The second-order valence-corrected chi connectivity index (χ2v) is 4.80. The highest BCUT2D eigenvalue weighted by Crippen LogP contribution is 2.31. The number of aliphatic imine (C=N–C) groups is 1. The smallest absolute Gasteiger partial charge is 0.185 e. The molecule has 3 rings (SSSR count). The molecule has 1 fully saturated rings. The summed E-state index contributed by atoms with van der Waals surface area (Å²) >= 11 is 0. The normalized spacial score (nSPS) is 16.4. The van der Waals surface area contributed by atoms with E-state index in [2.05, 4.69) is 4.99 Å². The van der Waals surface area contributed by atoms with Crippen LogP contribution in [0.1, 0.15) is 23.8 Å². The van der Waals surface area contributed by atoms with Gasteiger partial charge in [-0.15, -0.1) is 0 Å². The fraction of sp³-hybridized carbons (Fsp3) is 0.235. The number of hydrogen-bond donors (Lipinski definition) is 1. The molecule has 1 N–H and O–H groups in total. The maximum atomic E-state index is 9.77. The molecule has 1 saturated heterocycles. The van der Waals surface area contributed by atoms with Crippen molar-refractivity contribution >= 4 is 11.9 Å². The van der Waals surface area contributed by atoms with Gasteiger partial charge in [0.15, 0.2) is 6.29 Å². The Balaban J connectivity index is 1.87. The van der Waals surface area contributed by atoms with Crippen molar-refractivity contribution in [2.45, 2.75) is 12.7 Å². The van der Waals surface area contributed by atoms with E-state index in [-0.39, 0.29) is 12.0 Å². The molecule has 2 aromatic rings. The van der Waals surface area contributed by atoms with Crippen molar-refractivity contribution in [1.82, 2.24) is 0 Å². The first-order valence-corrected chi connectivity index (χ1v) is 6.99. The SMILES string of the molecule is Oc1ccccc1C=Nc1ccccc1C1OCCCO1. The van der Waals surface area contributed by atoms with Gasteiger partial charge in [-0.2, -0.15) is 0 Å². The molecule has 1 heterocycles. The maximum Gasteiger partial charge on any atom is 0.185 e. The predicted molar refractivity (Wildman–Crippen MR) is 81.1 cm³/mol. The van der Waals surface area contributed by atoms with Gasteiger partial charge < -0.3 is 14.6 Å². The van der Waals surface area contributed by atoms with Crippen LogP contribution >= 0.6 is 0 Å². The minimum Gasteiger partial charge on any atom is -0.507 e. The third-order valence-electron chi connectivity index (χ3n) is 3.30. The van der Waals surface area contributed by atoms with Crippen LogP contribution in [0.2, 0.25) is 0 Å². The van der Waals surface area contributed by atoms with Crippen molar-refractivity contribution in [3.63, 3.8) is 0 Å². The molecule has 0 radical (unpaired) electrons. The Morgan fingerprint density at radius 1 is 1.00 bits per heavy atom. The van der Waals surface area contributed by atoms with Gasteiger partial charge in [0, 0.05) is 17.3 Å². The molecule has 1 aliphatic heterocycles. The average molecular weight is 283 g/mol. The zero-order valence-corrected chi connectivity index (χ0v) is 11.6. The Bertz CT molecular complexity index is 633. The lowest BCUT2D eigenvalue weighted by Gasteiger charge is -2.24. The first-order valence-electron chi connectivity index (χ1n) is 6.99. The monoisotopic (exact) mass is 283 g/mol. The van der Waals surface area contributed by atoms with Gasteiger partial charge >= 0.3 is 0 Å². The molecule has 2 aromatic carbocycles. The standard InChI is InChI=1S/C17H17NO3/c19-16-9-4-1-6-13(16)12-18-15-8-3-2-7-14(15)17-20-10-5-11-21-17/h1-4,6-9,12,17,19H,5,10-11H2. The summed E-state index contributed by atoms with van der Waals surface area (Å²) in [6.07, 6.45) is 2.20. The molecule has 0 bridgehead atoms. The van der Waals surface area contributed by atoms with E-state index in [9.17, 15) is 5.11 Å². The van der Waals surface area contributed by atoms with E-state index in [4.69, 9.17) is 9.47 Å². The minimum absolute atomic E-state index is 0.212. The van der Waals surface area contributed by atoms with Crippen molar-refractivity contribution < 1.29 is 14.6 Å². The van der Waals surface area contributed by atoms with Crippen LogP contribution in [0.15, 0.2) is 53.5 Å². The summed E-state index contributed by atoms with van der Waals surface area (Å²) < 4.78 is 11.3. The van der Waals surface area contributed by atoms with Crippen LogP contribution in [0.3, 0.4) is 0 Å². The zero-order valence-electron chi connectivity index (χ0n) is 11.6. The number of para-hydroxylation sites is 2. The van der Waals surface area contributed by atoms with Crippen LogP contribution in [0.5, 0.6) is 5.75 Å². The lowest BCUT2D eigenvalue weighted by atomic mass is 10.1. The highest BCUT2D eigenvalue weighted by Gasteiger charge is 2.19. The van der Waals surface area contributed by atoms with Crippen molar-refractivity contribution in [1.29, 1.82) is 0 Å². The molecule has 0 amide bonds. The molecule has 0 aliphatic carbocycles. The zero-order chi connectivity index (χ0) is 14.5. The van der Waals surface area contributed by atoms with Gasteiger partial charge in [-0.25, -0.2) is 0 Å². The van der Waals surface area contributed by atoms with E-state index in [1.54, 1.807) is 18.3 Å². The van der Waals surface area contributed by atoms with Crippen molar-refractivity contribution in [2.75, 3.05) is 13.2 Å². The summed E-state index contributed by atoms with van der Waals surface area (Å²) in [5.41, 5.74) is 2.37. The summed E-state index contributed by atoms with van der Waals surface area (Å²) in [6, 6.07) is 14.8. The fourth-order valence-corrected chi connectivity index (χ4v) is 2.21. The Hall–Kier alpha value is -2.17. The minimum atomic E-state index is -0.364. The van der Waals surface area contributed by atoms with Crippen molar-refractivity contribution in [2.24, 2.45) is 4.99 Å². The number of benzene rings is 2. The van der Waals surface area contributed by atoms with Gasteiger partial charge in [0.2, 0.25) is 0 Å². The molecular formula is C17H17NO3. The van der Waals surface area contributed by atoms with Crippen LogP contribution in [0.25, 0.3) is 0 Å². The highest BCUT2D eigenvalue weighted by atomic mass is 16.7. The average Bonchev–Trinajstić information content (AvgIpc) is 2.55. The number of rotatable bonds is 3. The van der Waals surface area contributed by atoms with E-state index in [1.165, 1.54) is 0 Å². The van der Waals surface area contributed by atoms with Crippen molar-refractivity contribution in [3.05, 3.63) is 59.7 Å². The quantitative estimate of drug-likeness (QED) is 0.876. The lowest BCUT2D eigenvalue weighted by molar-refractivity contribution is -0.182. The summed E-state index contributed by atoms with van der Waals surface area (Å²) in [4.78, 5) is 4.47. The maximum absolute atomic E-state index is 9.77. The molecule has 0 saturated carbocycles. The second kappa shape index (κ2) is 6.52. The van der Waals surface area contributed by atoms with Gasteiger partial charge in [0.25, 0.3) is 0 Å². The third-order valence-corrected chi connectivity index (χ3v) is 3.30. The summed E-state index contributed by atoms with van der Waals surface area (Å²) in [6.45, 7) is 1.39. The second-order valence-electron chi connectivity index (χ2n) is 4.80. The molecule has 0 atom stereocenters. The Morgan fingerprint density at radius 3 is 2.52 bits per heavy atom. The van der Waals surface area contributed by atoms with Crippen molar-refractivity contribution in [3.8, 4) is 5.75 Å². The topological polar surface area (TPSA) is 51.1 Å². The van der Waals surface area contributed by atoms with E-state index in [1.807, 2.05) is 36.4 Å². The number of hydrogen-bond acceptors (Lipinski definition) is 4. The van der Waals surface area contributed by atoms with E-state index < -0.39 is 0 Å². The lowest BCUT2D eigenvalue weighted by Crippen LogP contribution is -2.17. The predicted octanol–water partition coefficient (Wildman–Crippen LogP) is 3.58. The largest absolute Gasteiger partial charge is 0.507 e. The molecule has 21 heavy (non-hydrogen) atoms. The number of phenolic OH excluding ortho intramolecular Hbond substituents is 1. The van der Waals surface area contributed by atoms with E-state index in [0.29, 0.717) is 18.8 Å². The van der Waals surface area contributed by atoms with E-state index in [0.717, 1.165) is 17.7 Å². The van der Waals surface area contributed by atoms with Crippen LogP contribution in [-0.2, 0) is 9.47 Å². The van der Waals surface area contributed by atoms with Gasteiger partial charge in [-0.3, -0.25) is 4.99 Å². The highest BCUT2D eigenvalue weighted by molar-refractivity contribution is 5.85.